The predicted molar refractivity (Wildman–Crippen MR) is 104 cm³/mol. The molecule has 1 saturated carbocycles. The van der Waals surface area contributed by atoms with E-state index in [-0.39, 0.29) is 23.8 Å². The van der Waals surface area contributed by atoms with Crippen molar-refractivity contribution in [3.8, 4) is 0 Å². The van der Waals surface area contributed by atoms with Gasteiger partial charge >= 0.3 is 0 Å². The molecule has 0 aliphatic heterocycles. The van der Waals surface area contributed by atoms with Gasteiger partial charge in [0.2, 0.25) is 5.91 Å². The van der Waals surface area contributed by atoms with Gasteiger partial charge in [0, 0.05) is 5.92 Å². The molecule has 1 aliphatic rings. The lowest BCUT2D eigenvalue weighted by molar-refractivity contribution is -0.120. The Bertz CT molecular complexity index is 752. The number of carbonyl (C=O) groups is 2. The van der Waals surface area contributed by atoms with Crippen LogP contribution in [0.2, 0.25) is 0 Å². The summed E-state index contributed by atoms with van der Waals surface area (Å²) in [7, 11) is 0. The first kappa shape index (κ1) is 18.2. The molecule has 1 aliphatic carbocycles. The molecule has 0 heterocycles. The van der Waals surface area contributed by atoms with Crippen LogP contribution in [0.3, 0.4) is 0 Å². The Hall–Kier alpha value is -2.62. The number of rotatable bonds is 5. The minimum Gasteiger partial charge on any atom is -0.345 e. The van der Waals surface area contributed by atoms with Gasteiger partial charge in [-0.2, -0.15) is 0 Å². The average Bonchev–Trinajstić information content (AvgIpc) is 2.69. The van der Waals surface area contributed by atoms with Gasteiger partial charge in [-0.05, 0) is 37.5 Å². The van der Waals surface area contributed by atoms with Gasteiger partial charge in [-0.25, -0.2) is 0 Å². The van der Waals surface area contributed by atoms with E-state index < -0.39 is 0 Å². The third-order valence-electron chi connectivity index (χ3n) is 5.05. The van der Waals surface area contributed by atoms with Crippen molar-refractivity contribution in [2.24, 2.45) is 5.92 Å². The van der Waals surface area contributed by atoms with Crippen molar-refractivity contribution in [1.82, 2.24) is 5.32 Å². The number of anilines is 1. The number of para-hydroxylation sites is 1. The Kier molecular flexibility index (Phi) is 6.05. The molecule has 2 aromatic rings. The van der Waals surface area contributed by atoms with Gasteiger partial charge in [-0.1, -0.05) is 61.7 Å². The van der Waals surface area contributed by atoms with Crippen LogP contribution >= 0.6 is 0 Å². The third-order valence-corrected chi connectivity index (χ3v) is 5.05. The van der Waals surface area contributed by atoms with Crippen molar-refractivity contribution in [3.63, 3.8) is 0 Å². The first-order valence-electron chi connectivity index (χ1n) is 9.41. The molecule has 1 fully saturated rings. The van der Waals surface area contributed by atoms with Crippen LogP contribution in [0.15, 0.2) is 54.6 Å². The van der Waals surface area contributed by atoms with Crippen LogP contribution in [0.25, 0.3) is 0 Å². The maximum atomic E-state index is 12.7. The molecule has 4 nitrogen and oxygen atoms in total. The number of carbonyl (C=O) groups excluding carboxylic acids is 2. The van der Waals surface area contributed by atoms with Crippen molar-refractivity contribution in [2.75, 3.05) is 5.32 Å². The minimum absolute atomic E-state index is 0.0288. The molecular formula is C22H26N2O2. The maximum Gasteiger partial charge on any atom is 0.253 e. The van der Waals surface area contributed by atoms with Crippen LogP contribution in [0.1, 0.15) is 61.0 Å². The van der Waals surface area contributed by atoms with Gasteiger partial charge in [-0.15, -0.1) is 0 Å². The fraction of sp³-hybridized carbons (Fsp3) is 0.364. The zero-order valence-electron chi connectivity index (χ0n) is 15.2. The molecule has 0 radical (unpaired) electrons. The number of nitrogens with one attached hydrogen (secondary N) is 2. The van der Waals surface area contributed by atoms with Crippen molar-refractivity contribution < 1.29 is 9.59 Å². The summed E-state index contributed by atoms with van der Waals surface area (Å²) in [6.07, 6.45) is 5.29. The van der Waals surface area contributed by atoms with Crippen LogP contribution in [0.5, 0.6) is 0 Å². The van der Waals surface area contributed by atoms with E-state index >= 15 is 0 Å². The zero-order valence-corrected chi connectivity index (χ0v) is 15.2. The monoisotopic (exact) mass is 350 g/mol. The van der Waals surface area contributed by atoms with Crippen LogP contribution in [-0.4, -0.2) is 11.8 Å². The highest BCUT2D eigenvalue weighted by molar-refractivity contribution is 6.04. The van der Waals surface area contributed by atoms with E-state index in [0.29, 0.717) is 11.3 Å². The Morgan fingerprint density at radius 2 is 1.58 bits per heavy atom. The summed E-state index contributed by atoms with van der Waals surface area (Å²) in [6.45, 7) is 1.95. The minimum atomic E-state index is -0.180. The second kappa shape index (κ2) is 8.65. The fourth-order valence-corrected chi connectivity index (χ4v) is 3.49. The molecule has 26 heavy (non-hydrogen) atoms. The van der Waals surface area contributed by atoms with Crippen LogP contribution < -0.4 is 10.6 Å². The highest BCUT2D eigenvalue weighted by Gasteiger charge is 2.23. The van der Waals surface area contributed by atoms with Gasteiger partial charge in [0.05, 0.1) is 17.3 Å². The summed E-state index contributed by atoms with van der Waals surface area (Å²) in [4.78, 5) is 25.3. The lowest BCUT2D eigenvalue weighted by atomic mass is 9.88. The van der Waals surface area contributed by atoms with Gasteiger partial charge in [-0.3, -0.25) is 9.59 Å². The Morgan fingerprint density at radius 1 is 0.923 bits per heavy atom. The van der Waals surface area contributed by atoms with E-state index in [1.807, 2.05) is 49.4 Å². The molecule has 0 unspecified atom stereocenters. The molecule has 136 valence electrons. The quantitative estimate of drug-likeness (QED) is 0.821. The lowest BCUT2D eigenvalue weighted by Gasteiger charge is -2.22. The smallest absolute Gasteiger partial charge is 0.253 e. The van der Waals surface area contributed by atoms with Crippen LogP contribution in [-0.2, 0) is 4.79 Å². The Labute approximate surface area is 155 Å². The number of hydrogen-bond donors (Lipinski definition) is 2. The van der Waals surface area contributed by atoms with Gasteiger partial charge in [0.1, 0.15) is 0 Å². The van der Waals surface area contributed by atoms with Gasteiger partial charge < -0.3 is 10.6 Å². The third kappa shape index (κ3) is 4.51. The highest BCUT2D eigenvalue weighted by atomic mass is 16.2. The fourth-order valence-electron chi connectivity index (χ4n) is 3.49. The summed E-state index contributed by atoms with van der Waals surface area (Å²) in [5.41, 5.74) is 2.13. The molecule has 2 amide bonds. The summed E-state index contributed by atoms with van der Waals surface area (Å²) < 4.78 is 0. The lowest BCUT2D eigenvalue weighted by Crippen LogP contribution is -2.29. The van der Waals surface area contributed by atoms with Gasteiger partial charge in [0.25, 0.3) is 5.91 Å². The molecule has 2 aromatic carbocycles. The summed E-state index contributed by atoms with van der Waals surface area (Å²) in [5.74, 6) is -0.0925. The molecule has 0 spiro atoms. The number of amides is 2. The standard InChI is InChI=1S/C22H26N2O2/c1-16(17-10-4-2-5-11-17)23-22(26)19-14-8-9-15-20(19)24-21(25)18-12-6-3-7-13-18/h2,4-5,8-11,14-16,18H,3,6-7,12-13H2,1H3,(H,23,26)(H,24,25)/t16-/m1/s1. The van der Waals surface area contributed by atoms with Gasteiger partial charge in [0.15, 0.2) is 0 Å². The normalized spacial score (nSPS) is 15.9. The topological polar surface area (TPSA) is 58.2 Å². The Morgan fingerprint density at radius 3 is 2.31 bits per heavy atom. The zero-order chi connectivity index (χ0) is 18.4. The summed E-state index contributed by atoms with van der Waals surface area (Å²) in [5, 5.41) is 5.99. The molecule has 2 N–H and O–H groups in total. The Balaban J connectivity index is 1.69. The van der Waals surface area contributed by atoms with Crippen molar-refractivity contribution in [3.05, 3.63) is 65.7 Å². The van der Waals surface area contributed by atoms with Crippen LogP contribution in [0, 0.1) is 5.92 Å². The van der Waals surface area contributed by atoms with E-state index in [9.17, 15) is 9.59 Å². The van der Waals surface area contributed by atoms with E-state index in [1.54, 1.807) is 12.1 Å². The molecule has 3 rings (SSSR count). The summed E-state index contributed by atoms with van der Waals surface area (Å²) >= 11 is 0. The molecule has 1 atom stereocenters. The molecule has 0 aromatic heterocycles. The molecule has 4 heteroatoms. The van der Waals surface area contributed by atoms with Crippen molar-refractivity contribution in [2.45, 2.75) is 45.1 Å². The van der Waals surface area contributed by atoms with E-state index in [1.165, 1.54) is 6.42 Å². The molecular weight excluding hydrogens is 324 g/mol. The largest absolute Gasteiger partial charge is 0.345 e. The summed E-state index contributed by atoms with van der Waals surface area (Å²) in [6, 6.07) is 16.9. The van der Waals surface area contributed by atoms with Crippen LogP contribution in [0.4, 0.5) is 5.69 Å². The second-order valence-corrected chi connectivity index (χ2v) is 6.98. The van der Waals surface area contributed by atoms with E-state index in [2.05, 4.69) is 10.6 Å². The average molecular weight is 350 g/mol. The number of benzene rings is 2. The number of hydrogen-bond acceptors (Lipinski definition) is 2. The van der Waals surface area contributed by atoms with E-state index in [0.717, 1.165) is 31.2 Å². The highest BCUT2D eigenvalue weighted by Crippen LogP contribution is 2.26. The van der Waals surface area contributed by atoms with Crippen molar-refractivity contribution in [1.29, 1.82) is 0 Å². The first-order chi connectivity index (χ1) is 12.6. The maximum absolute atomic E-state index is 12.7. The van der Waals surface area contributed by atoms with Crippen molar-refractivity contribution >= 4 is 17.5 Å². The SMILES string of the molecule is C[C@@H](NC(=O)c1ccccc1NC(=O)C1CCCCC1)c1ccccc1. The predicted octanol–water partition coefficient (Wildman–Crippen LogP) is 4.70. The van der Waals surface area contributed by atoms with E-state index in [4.69, 9.17) is 0 Å². The molecule has 0 saturated heterocycles. The second-order valence-electron chi connectivity index (χ2n) is 6.98. The first-order valence-corrected chi connectivity index (χ1v) is 9.41. The molecule has 0 bridgehead atoms.